The summed E-state index contributed by atoms with van der Waals surface area (Å²) in [4.78, 5) is 11.1. The van der Waals surface area contributed by atoms with Crippen molar-refractivity contribution in [1.82, 2.24) is 5.32 Å². The van der Waals surface area contributed by atoms with Crippen LogP contribution in [0.2, 0.25) is 6.04 Å². The van der Waals surface area contributed by atoms with Gasteiger partial charge in [0, 0.05) is 19.8 Å². The van der Waals surface area contributed by atoms with E-state index in [0.29, 0.717) is 26.4 Å². The molecule has 0 radical (unpaired) electrons. The lowest BCUT2D eigenvalue weighted by Gasteiger charge is -2.29. The Hall–Kier alpha value is -0.593. The fourth-order valence-electron chi connectivity index (χ4n) is 2.27. The summed E-state index contributed by atoms with van der Waals surface area (Å²) in [5.41, 5.74) is -0.297. The van der Waals surface area contributed by atoms with Gasteiger partial charge in [-0.25, -0.2) is 4.79 Å². The highest BCUT2D eigenvalue weighted by Crippen LogP contribution is 2.14. The Kier molecular flexibility index (Phi) is 12.7. The van der Waals surface area contributed by atoms with E-state index < -0.39 is 0 Å². The van der Waals surface area contributed by atoms with Crippen LogP contribution < -0.4 is 5.32 Å². The van der Waals surface area contributed by atoms with E-state index >= 15 is 0 Å². The highest BCUT2D eigenvalue weighted by Gasteiger charge is 2.24. The molecule has 0 atom stereocenters. The molecule has 5 nitrogen and oxygen atoms in total. The van der Waals surface area contributed by atoms with Crippen LogP contribution in [-0.2, 0) is 14.2 Å². The van der Waals surface area contributed by atoms with Gasteiger partial charge < -0.3 is 19.5 Å². The van der Waals surface area contributed by atoms with Crippen molar-refractivity contribution in [3.63, 3.8) is 0 Å². The quantitative estimate of drug-likeness (QED) is 0.322. The Balaban J connectivity index is 3.51. The zero-order valence-corrected chi connectivity index (χ0v) is 15.6. The molecule has 0 saturated carbocycles. The third-order valence-corrected chi connectivity index (χ3v) is 5.42. The summed E-state index contributed by atoms with van der Waals surface area (Å²) in [6.45, 7) is 10.5. The molecular formula is C15H33NO4Si. The second kappa shape index (κ2) is 13.1. The van der Waals surface area contributed by atoms with Gasteiger partial charge in [-0.05, 0) is 34.1 Å². The fraction of sp³-hybridized carbons (Fsp3) is 0.933. The number of ether oxygens (including phenoxy) is 3. The van der Waals surface area contributed by atoms with Gasteiger partial charge in [0.2, 0.25) is 0 Å². The van der Waals surface area contributed by atoms with E-state index in [1.54, 1.807) is 0 Å². The van der Waals surface area contributed by atoms with Crippen molar-refractivity contribution < 1.29 is 19.0 Å². The first-order chi connectivity index (χ1) is 10.1. The summed E-state index contributed by atoms with van der Waals surface area (Å²) in [7, 11) is -0.387. The molecule has 0 aromatic rings. The number of alkyl carbamates (subject to hydrolysis) is 1. The maximum absolute atomic E-state index is 11.1. The van der Waals surface area contributed by atoms with Gasteiger partial charge >= 0.3 is 6.09 Å². The summed E-state index contributed by atoms with van der Waals surface area (Å²) in [6, 6.07) is 1.24. The van der Waals surface area contributed by atoms with Crippen LogP contribution in [0.25, 0.3) is 0 Å². The van der Waals surface area contributed by atoms with Crippen LogP contribution in [0.1, 0.15) is 53.4 Å². The third-order valence-electron chi connectivity index (χ3n) is 3.25. The zero-order valence-electron chi connectivity index (χ0n) is 14.2. The summed E-state index contributed by atoms with van der Waals surface area (Å²) in [5.74, 6) is 0. The Morgan fingerprint density at radius 2 is 1.62 bits per heavy atom. The molecule has 0 aliphatic carbocycles. The van der Waals surface area contributed by atoms with E-state index in [4.69, 9.17) is 14.2 Å². The second-order valence-electron chi connectivity index (χ2n) is 5.16. The van der Waals surface area contributed by atoms with E-state index in [1.807, 2.05) is 20.8 Å². The Morgan fingerprint density at radius 3 is 2.19 bits per heavy atom. The zero-order chi connectivity index (χ0) is 16.0. The lowest BCUT2D eigenvalue weighted by molar-refractivity contribution is -0.163. The lowest BCUT2D eigenvalue weighted by atomic mass is 10.2. The maximum atomic E-state index is 11.1. The number of rotatable bonds is 13. The van der Waals surface area contributed by atoms with Gasteiger partial charge in [0.05, 0.1) is 16.1 Å². The SMILES string of the molecule is CCOC(=O)NCCCCCC[SiH2]C(C)(OCC)OCC. The smallest absolute Gasteiger partial charge is 0.407 e. The molecule has 0 aliphatic heterocycles. The van der Waals surface area contributed by atoms with E-state index in [1.165, 1.54) is 18.9 Å². The number of carbonyl (C=O) groups excluding carboxylic acids is 1. The van der Waals surface area contributed by atoms with Crippen LogP contribution in [0, 0.1) is 0 Å². The molecule has 0 bridgehead atoms. The molecule has 0 saturated heterocycles. The highest BCUT2D eigenvalue weighted by molar-refractivity contribution is 6.38. The normalized spacial score (nSPS) is 12.0. The van der Waals surface area contributed by atoms with Crippen molar-refractivity contribution in [2.24, 2.45) is 0 Å². The van der Waals surface area contributed by atoms with Gasteiger partial charge in [-0.1, -0.05) is 25.3 Å². The van der Waals surface area contributed by atoms with Crippen molar-refractivity contribution in [3.8, 4) is 0 Å². The fourth-order valence-corrected chi connectivity index (χ4v) is 4.21. The largest absolute Gasteiger partial charge is 0.450 e. The van der Waals surface area contributed by atoms with E-state index in [0.717, 1.165) is 12.8 Å². The van der Waals surface area contributed by atoms with Crippen molar-refractivity contribution in [1.29, 1.82) is 0 Å². The molecule has 1 N–H and O–H groups in total. The van der Waals surface area contributed by atoms with Gasteiger partial charge in [0.25, 0.3) is 0 Å². The monoisotopic (exact) mass is 319 g/mol. The standard InChI is InChI=1S/C15H33NO4Si/c1-5-18-14(17)16-12-10-8-9-11-13-21-15(4,19-6-2)20-7-3/h5-13,21H2,1-4H3,(H,16,17). The average molecular weight is 320 g/mol. The predicted molar refractivity (Wildman–Crippen MR) is 88.5 cm³/mol. The van der Waals surface area contributed by atoms with Gasteiger partial charge in [0.15, 0.2) is 0 Å². The van der Waals surface area contributed by atoms with E-state index in [9.17, 15) is 4.79 Å². The molecule has 6 heteroatoms. The van der Waals surface area contributed by atoms with Crippen molar-refractivity contribution in [2.75, 3.05) is 26.4 Å². The molecule has 0 aliphatic rings. The van der Waals surface area contributed by atoms with Crippen LogP contribution in [-0.4, -0.2) is 47.4 Å². The van der Waals surface area contributed by atoms with Gasteiger partial charge in [0.1, 0.15) is 5.41 Å². The molecule has 21 heavy (non-hydrogen) atoms. The molecule has 0 spiro atoms. The average Bonchev–Trinajstić information content (AvgIpc) is 2.42. The maximum Gasteiger partial charge on any atom is 0.407 e. The summed E-state index contributed by atoms with van der Waals surface area (Å²) < 4.78 is 16.3. The first kappa shape index (κ1) is 20.4. The van der Waals surface area contributed by atoms with Gasteiger partial charge in [-0.3, -0.25) is 0 Å². The Labute approximate surface area is 131 Å². The van der Waals surface area contributed by atoms with E-state index in [2.05, 4.69) is 12.2 Å². The summed E-state index contributed by atoms with van der Waals surface area (Å²) >= 11 is 0. The number of amides is 1. The molecule has 0 aromatic carbocycles. The van der Waals surface area contributed by atoms with Crippen LogP contribution in [0.3, 0.4) is 0 Å². The van der Waals surface area contributed by atoms with Crippen LogP contribution in [0.5, 0.6) is 0 Å². The van der Waals surface area contributed by atoms with Gasteiger partial charge in [-0.2, -0.15) is 0 Å². The van der Waals surface area contributed by atoms with Gasteiger partial charge in [-0.15, -0.1) is 0 Å². The number of unbranched alkanes of at least 4 members (excludes halogenated alkanes) is 3. The minimum absolute atomic E-state index is 0.297. The summed E-state index contributed by atoms with van der Waals surface area (Å²) in [5, 5.41) is 2.74. The van der Waals surface area contributed by atoms with E-state index in [-0.39, 0.29) is 21.0 Å². The molecule has 0 heterocycles. The van der Waals surface area contributed by atoms with Crippen LogP contribution in [0.15, 0.2) is 0 Å². The topological polar surface area (TPSA) is 56.8 Å². The molecule has 0 rings (SSSR count). The van der Waals surface area contributed by atoms with Crippen LogP contribution in [0.4, 0.5) is 4.79 Å². The molecule has 1 amide bonds. The first-order valence-electron chi connectivity index (χ1n) is 8.26. The van der Waals surface area contributed by atoms with Crippen LogP contribution >= 0.6 is 0 Å². The molecule has 126 valence electrons. The van der Waals surface area contributed by atoms with Crippen molar-refractivity contribution >= 4 is 15.6 Å². The van der Waals surface area contributed by atoms with Crippen molar-refractivity contribution in [2.45, 2.75) is 64.8 Å². The van der Waals surface area contributed by atoms with Crippen molar-refractivity contribution in [3.05, 3.63) is 0 Å². The molecular weight excluding hydrogens is 286 g/mol. The molecule has 0 fully saturated rings. The second-order valence-corrected chi connectivity index (χ2v) is 7.66. The number of carbonyl (C=O) groups is 1. The highest BCUT2D eigenvalue weighted by atomic mass is 28.2. The first-order valence-corrected chi connectivity index (χ1v) is 9.97. The lowest BCUT2D eigenvalue weighted by Crippen LogP contribution is -2.39. The molecule has 0 unspecified atom stereocenters. The summed E-state index contributed by atoms with van der Waals surface area (Å²) in [6.07, 6.45) is 4.26. The number of hydrogen-bond acceptors (Lipinski definition) is 4. The minimum Gasteiger partial charge on any atom is -0.450 e. The molecule has 0 aromatic heterocycles. The number of nitrogens with one attached hydrogen (secondary N) is 1. The Morgan fingerprint density at radius 1 is 1.00 bits per heavy atom. The predicted octanol–water partition coefficient (Wildman–Crippen LogP) is 2.63. The minimum atomic E-state index is -0.387. The number of hydrogen-bond donors (Lipinski definition) is 1. The Bertz CT molecular complexity index is 258. The third kappa shape index (κ3) is 11.7.